The zero-order chi connectivity index (χ0) is 20.1. The monoisotopic (exact) mass is 403 g/mol. The molecule has 152 valence electrons. The largest absolute Gasteiger partial charge is 0.378 e. The maximum absolute atomic E-state index is 12.9. The lowest BCUT2D eigenvalue weighted by Crippen LogP contribution is -2.38. The van der Waals surface area contributed by atoms with Gasteiger partial charge in [0.2, 0.25) is 11.9 Å². The molecule has 0 radical (unpaired) electrons. The van der Waals surface area contributed by atoms with E-state index in [1.54, 1.807) is 19.0 Å². The van der Waals surface area contributed by atoms with Crippen LogP contribution in [0.15, 0.2) is 35.5 Å². The lowest BCUT2D eigenvalue weighted by molar-refractivity contribution is -0.128. The van der Waals surface area contributed by atoms with Gasteiger partial charge in [-0.2, -0.15) is 0 Å². The Balaban J connectivity index is 1.93. The summed E-state index contributed by atoms with van der Waals surface area (Å²) in [7, 11) is 3.58. The summed E-state index contributed by atoms with van der Waals surface area (Å²) in [5.41, 5.74) is 0.971. The van der Waals surface area contributed by atoms with Crippen molar-refractivity contribution < 1.29 is 9.53 Å². The third-order valence-corrected chi connectivity index (χ3v) is 5.75. The van der Waals surface area contributed by atoms with E-state index in [4.69, 9.17) is 4.74 Å². The normalized spacial score (nSPS) is 15.7. The molecule has 0 saturated carbocycles. The number of anilines is 1. The van der Waals surface area contributed by atoms with Crippen LogP contribution in [0.4, 0.5) is 5.95 Å². The molecule has 1 fully saturated rings. The quantitative estimate of drug-likeness (QED) is 0.663. The van der Waals surface area contributed by atoms with Gasteiger partial charge >= 0.3 is 0 Å². The van der Waals surface area contributed by atoms with Crippen molar-refractivity contribution in [2.75, 3.05) is 45.3 Å². The third-order valence-electron chi connectivity index (χ3n) is 4.53. The van der Waals surface area contributed by atoms with Gasteiger partial charge in [-0.05, 0) is 11.5 Å². The number of likely N-dealkylation sites (N-methyl/N-ethyl adjacent to an activating group) is 1. The third kappa shape index (κ3) is 4.86. The van der Waals surface area contributed by atoms with Crippen molar-refractivity contribution in [3.05, 3.63) is 35.9 Å². The second-order valence-corrected chi connectivity index (χ2v) is 8.60. The van der Waals surface area contributed by atoms with Crippen LogP contribution in [0.5, 0.6) is 0 Å². The van der Waals surface area contributed by atoms with Crippen molar-refractivity contribution >= 4 is 23.6 Å². The number of benzene rings is 1. The van der Waals surface area contributed by atoms with Gasteiger partial charge in [-0.25, -0.2) is 0 Å². The highest BCUT2D eigenvalue weighted by Gasteiger charge is 2.28. The van der Waals surface area contributed by atoms with E-state index < -0.39 is 0 Å². The number of hydrogen-bond donors (Lipinski definition) is 0. The number of amides is 1. The second-order valence-electron chi connectivity index (χ2n) is 7.53. The maximum Gasteiger partial charge on any atom is 0.240 e. The first-order chi connectivity index (χ1) is 13.5. The molecule has 2 aromatic rings. The SMILES string of the molecule is CC(C)Cn1c(SC(C(=O)N(C)C)c2ccccc2)nnc1N1CCOCC1. The number of rotatable bonds is 7. The molecule has 0 aliphatic carbocycles. The molecule has 1 aliphatic heterocycles. The van der Waals surface area contributed by atoms with Gasteiger partial charge in [0.1, 0.15) is 5.25 Å². The Morgan fingerprint density at radius 3 is 2.46 bits per heavy atom. The summed E-state index contributed by atoms with van der Waals surface area (Å²) < 4.78 is 7.63. The van der Waals surface area contributed by atoms with E-state index in [0.717, 1.165) is 36.3 Å². The number of thioether (sulfide) groups is 1. The molecule has 8 heteroatoms. The molecule has 1 amide bonds. The van der Waals surface area contributed by atoms with E-state index in [2.05, 4.69) is 33.5 Å². The highest BCUT2D eigenvalue weighted by molar-refractivity contribution is 8.00. The molecule has 0 spiro atoms. The van der Waals surface area contributed by atoms with Crippen LogP contribution in [0, 0.1) is 5.92 Å². The molecule has 1 aromatic carbocycles. The highest BCUT2D eigenvalue weighted by Crippen LogP contribution is 2.37. The molecular weight excluding hydrogens is 374 g/mol. The van der Waals surface area contributed by atoms with Crippen molar-refractivity contribution in [2.24, 2.45) is 5.92 Å². The van der Waals surface area contributed by atoms with Crippen LogP contribution < -0.4 is 4.90 Å². The zero-order valence-corrected chi connectivity index (χ0v) is 17.9. The molecule has 1 atom stereocenters. The molecule has 1 saturated heterocycles. The van der Waals surface area contributed by atoms with Crippen LogP contribution in [0.1, 0.15) is 24.7 Å². The maximum atomic E-state index is 12.9. The molecule has 2 heterocycles. The summed E-state index contributed by atoms with van der Waals surface area (Å²) in [4.78, 5) is 16.8. The van der Waals surface area contributed by atoms with Crippen LogP contribution in [0.2, 0.25) is 0 Å². The summed E-state index contributed by atoms with van der Waals surface area (Å²) in [6.45, 7) is 8.17. The van der Waals surface area contributed by atoms with E-state index in [1.807, 2.05) is 30.3 Å². The van der Waals surface area contributed by atoms with Gasteiger partial charge in [0.25, 0.3) is 0 Å². The fourth-order valence-corrected chi connectivity index (χ4v) is 4.31. The van der Waals surface area contributed by atoms with Crippen molar-refractivity contribution in [1.29, 1.82) is 0 Å². The smallest absolute Gasteiger partial charge is 0.240 e. The Labute approximate surface area is 171 Å². The number of carbonyl (C=O) groups excluding carboxylic acids is 1. The minimum atomic E-state index is -0.358. The van der Waals surface area contributed by atoms with Crippen molar-refractivity contribution in [2.45, 2.75) is 30.8 Å². The topological polar surface area (TPSA) is 63.5 Å². The molecule has 1 unspecified atom stereocenters. The van der Waals surface area contributed by atoms with Gasteiger partial charge in [0.15, 0.2) is 5.16 Å². The van der Waals surface area contributed by atoms with Crippen LogP contribution in [-0.4, -0.2) is 66.0 Å². The molecule has 0 N–H and O–H groups in total. The lowest BCUT2D eigenvalue weighted by Gasteiger charge is -2.28. The van der Waals surface area contributed by atoms with Gasteiger partial charge in [-0.3, -0.25) is 9.36 Å². The van der Waals surface area contributed by atoms with Crippen LogP contribution in [0.25, 0.3) is 0 Å². The first kappa shape index (κ1) is 20.7. The van der Waals surface area contributed by atoms with Crippen molar-refractivity contribution in [3.63, 3.8) is 0 Å². The van der Waals surface area contributed by atoms with Gasteiger partial charge in [-0.1, -0.05) is 55.9 Å². The molecule has 1 aromatic heterocycles. The minimum Gasteiger partial charge on any atom is -0.378 e. The number of ether oxygens (including phenoxy) is 1. The standard InChI is InChI=1S/C20H29N5O2S/c1-15(2)14-25-19(24-10-12-27-13-11-24)21-22-20(25)28-17(18(26)23(3)4)16-8-6-5-7-9-16/h5-9,15,17H,10-14H2,1-4H3. The fourth-order valence-electron chi connectivity index (χ4n) is 3.12. The van der Waals surface area contributed by atoms with Gasteiger partial charge < -0.3 is 14.5 Å². The summed E-state index contributed by atoms with van der Waals surface area (Å²) >= 11 is 1.47. The zero-order valence-electron chi connectivity index (χ0n) is 17.0. The molecular formula is C20H29N5O2S. The van der Waals surface area contributed by atoms with Crippen LogP contribution >= 0.6 is 11.8 Å². The summed E-state index contributed by atoms with van der Waals surface area (Å²) in [5, 5.41) is 9.38. The summed E-state index contributed by atoms with van der Waals surface area (Å²) in [6.07, 6.45) is 0. The van der Waals surface area contributed by atoms with Crippen LogP contribution in [-0.2, 0) is 16.1 Å². The Bertz CT molecular complexity index is 772. The van der Waals surface area contributed by atoms with Gasteiger partial charge in [-0.15, -0.1) is 10.2 Å². The van der Waals surface area contributed by atoms with E-state index in [-0.39, 0.29) is 11.2 Å². The molecule has 7 nitrogen and oxygen atoms in total. The van der Waals surface area contributed by atoms with E-state index in [1.165, 1.54) is 11.8 Å². The Morgan fingerprint density at radius 1 is 1.18 bits per heavy atom. The van der Waals surface area contributed by atoms with Crippen molar-refractivity contribution in [1.82, 2.24) is 19.7 Å². The first-order valence-electron chi connectivity index (χ1n) is 9.66. The number of hydrogen-bond acceptors (Lipinski definition) is 6. The van der Waals surface area contributed by atoms with E-state index in [0.29, 0.717) is 19.1 Å². The molecule has 3 rings (SSSR count). The molecule has 1 aliphatic rings. The Kier molecular flexibility index (Phi) is 6.96. The predicted octanol–water partition coefficient (Wildman–Crippen LogP) is 2.69. The van der Waals surface area contributed by atoms with Gasteiger partial charge in [0, 0.05) is 33.7 Å². The lowest BCUT2D eigenvalue weighted by atomic mass is 10.1. The minimum absolute atomic E-state index is 0.0446. The first-order valence-corrected chi connectivity index (χ1v) is 10.5. The molecule has 0 bridgehead atoms. The van der Waals surface area contributed by atoms with E-state index >= 15 is 0 Å². The Hall–Kier alpha value is -2.06. The predicted molar refractivity (Wildman–Crippen MR) is 112 cm³/mol. The van der Waals surface area contributed by atoms with Crippen LogP contribution in [0.3, 0.4) is 0 Å². The second kappa shape index (κ2) is 9.43. The Morgan fingerprint density at radius 2 is 1.86 bits per heavy atom. The number of nitrogens with zero attached hydrogens (tertiary/aromatic N) is 5. The number of carbonyl (C=O) groups is 1. The molecule has 28 heavy (non-hydrogen) atoms. The fraction of sp³-hybridized carbons (Fsp3) is 0.550. The summed E-state index contributed by atoms with van der Waals surface area (Å²) in [6, 6.07) is 9.87. The summed E-state index contributed by atoms with van der Waals surface area (Å²) in [5.74, 6) is 1.35. The van der Waals surface area contributed by atoms with E-state index in [9.17, 15) is 4.79 Å². The average Bonchev–Trinajstić information content (AvgIpc) is 3.08. The average molecular weight is 404 g/mol. The van der Waals surface area contributed by atoms with Crippen molar-refractivity contribution in [3.8, 4) is 0 Å². The number of aromatic nitrogens is 3. The number of morpholine rings is 1. The highest BCUT2D eigenvalue weighted by atomic mass is 32.2. The van der Waals surface area contributed by atoms with Gasteiger partial charge in [0.05, 0.1) is 13.2 Å².